The Hall–Kier alpha value is -2.27. The summed E-state index contributed by atoms with van der Waals surface area (Å²) in [6.07, 6.45) is 1.68. The molecule has 1 amide bonds. The minimum atomic E-state index is -0.582. The van der Waals surface area contributed by atoms with E-state index < -0.39 is 11.6 Å². The van der Waals surface area contributed by atoms with Gasteiger partial charge >= 0.3 is 0 Å². The number of hydrogen-bond donors (Lipinski definition) is 1. The third-order valence-electron chi connectivity index (χ3n) is 5.40. The zero-order chi connectivity index (χ0) is 17.6. The second kappa shape index (κ2) is 6.23. The summed E-state index contributed by atoms with van der Waals surface area (Å²) in [6, 6.07) is 11.2. The molecule has 25 heavy (non-hydrogen) atoms. The fourth-order valence-electron chi connectivity index (χ4n) is 3.80. The average molecular weight is 342 g/mol. The van der Waals surface area contributed by atoms with Crippen LogP contribution in [0.3, 0.4) is 0 Å². The number of carbonyl (C=O) groups is 1. The molecule has 1 saturated heterocycles. The Morgan fingerprint density at radius 3 is 2.48 bits per heavy atom. The quantitative estimate of drug-likeness (QED) is 0.927. The first kappa shape index (κ1) is 16.2. The third kappa shape index (κ3) is 2.72. The fourth-order valence-corrected chi connectivity index (χ4v) is 3.80. The summed E-state index contributed by atoms with van der Waals surface area (Å²) >= 11 is 0. The molecule has 2 aliphatic rings. The van der Waals surface area contributed by atoms with Gasteiger partial charge in [0.2, 0.25) is 5.91 Å². The third-order valence-corrected chi connectivity index (χ3v) is 5.40. The number of rotatable bonds is 4. The summed E-state index contributed by atoms with van der Waals surface area (Å²) in [5.74, 6) is -1.13. The van der Waals surface area contributed by atoms with Crippen molar-refractivity contribution in [3.63, 3.8) is 0 Å². The van der Waals surface area contributed by atoms with Crippen molar-refractivity contribution in [2.75, 3.05) is 13.1 Å². The molecule has 5 heteroatoms. The van der Waals surface area contributed by atoms with Gasteiger partial charge in [0.1, 0.15) is 11.6 Å². The highest BCUT2D eigenvalue weighted by Gasteiger charge is 2.49. The van der Waals surface area contributed by atoms with Gasteiger partial charge in [-0.3, -0.25) is 4.79 Å². The number of hydrogen-bond acceptors (Lipinski definition) is 2. The Morgan fingerprint density at radius 1 is 1.12 bits per heavy atom. The van der Waals surface area contributed by atoms with E-state index in [2.05, 4.69) is 0 Å². The molecule has 2 aromatic rings. The monoisotopic (exact) mass is 342 g/mol. The molecule has 2 N–H and O–H groups in total. The molecule has 0 bridgehead atoms. The molecule has 1 aliphatic carbocycles. The molecule has 0 aromatic heterocycles. The van der Waals surface area contributed by atoms with Crippen LogP contribution in [0, 0.1) is 17.6 Å². The van der Waals surface area contributed by atoms with Gasteiger partial charge in [0.05, 0.1) is 5.56 Å². The summed E-state index contributed by atoms with van der Waals surface area (Å²) in [5, 5.41) is 0. The van der Waals surface area contributed by atoms with Crippen molar-refractivity contribution in [1.82, 2.24) is 4.90 Å². The van der Waals surface area contributed by atoms with Crippen LogP contribution in [-0.2, 0) is 4.79 Å². The Balaban J connectivity index is 1.62. The second-order valence-electron chi connectivity index (χ2n) is 6.84. The maximum Gasteiger partial charge on any atom is 0.226 e. The van der Waals surface area contributed by atoms with Gasteiger partial charge in [-0.1, -0.05) is 30.3 Å². The first-order chi connectivity index (χ1) is 12.1. The minimum Gasteiger partial charge on any atom is -0.338 e. The van der Waals surface area contributed by atoms with E-state index in [1.807, 2.05) is 17.0 Å². The number of amides is 1. The van der Waals surface area contributed by atoms with Gasteiger partial charge in [0.25, 0.3) is 0 Å². The molecule has 1 aliphatic heterocycles. The van der Waals surface area contributed by atoms with Crippen molar-refractivity contribution < 1.29 is 13.6 Å². The van der Waals surface area contributed by atoms with Crippen LogP contribution >= 0.6 is 0 Å². The second-order valence-corrected chi connectivity index (χ2v) is 6.84. The van der Waals surface area contributed by atoms with Crippen LogP contribution in [0.15, 0.2) is 42.5 Å². The average Bonchev–Trinajstić information content (AvgIpc) is 3.35. The number of nitrogens with zero attached hydrogens (tertiary/aromatic N) is 1. The van der Waals surface area contributed by atoms with E-state index >= 15 is 0 Å². The van der Waals surface area contributed by atoms with Gasteiger partial charge in [-0.25, -0.2) is 8.78 Å². The molecule has 1 heterocycles. The Bertz CT molecular complexity index is 801. The summed E-state index contributed by atoms with van der Waals surface area (Å²) in [4.78, 5) is 14.5. The number of nitrogens with two attached hydrogens (primary N) is 1. The van der Waals surface area contributed by atoms with E-state index in [1.54, 1.807) is 12.1 Å². The summed E-state index contributed by atoms with van der Waals surface area (Å²) in [5.41, 5.74) is 7.05. The van der Waals surface area contributed by atoms with Crippen LogP contribution in [-0.4, -0.2) is 29.9 Å². The van der Waals surface area contributed by atoms with E-state index in [0.717, 1.165) is 24.9 Å². The molecular weight excluding hydrogens is 322 g/mol. The zero-order valence-electron chi connectivity index (χ0n) is 13.8. The lowest BCUT2D eigenvalue weighted by atomic mass is 9.94. The fraction of sp³-hybridized carbons (Fsp3) is 0.350. The normalized spacial score (nSPS) is 24.8. The molecule has 2 fully saturated rings. The van der Waals surface area contributed by atoms with Crippen molar-refractivity contribution in [1.29, 1.82) is 0 Å². The SMILES string of the molecule is NCC1CCN1C(=O)C1CC1c1ccccc1-c1c(F)cccc1F. The van der Waals surface area contributed by atoms with Gasteiger partial charge in [-0.15, -0.1) is 0 Å². The Labute approximate surface area is 145 Å². The zero-order valence-corrected chi connectivity index (χ0v) is 13.8. The van der Waals surface area contributed by atoms with Crippen molar-refractivity contribution in [2.24, 2.45) is 11.7 Å². The van der Waals surface area contributed by atoms with Crippen molar-refractivity contribution in [2.45, 2.75) is 24.8 Å². The number of carbonyl (C=O) groups excluding carboxylic acids is 1. The van der Waals surface area contributed by atoms with Gasteiger partial charge in [0, 0.05) is 25.0 Å². The first-order valence-corrected chi connectivity index (χ1v) is 8.65. The molecule has 130 valence electrons. The summed E-state index contributed by atoms with van der Waals surface area (Å²) in [7, 11) is 0. The highest BCUT2D eigenvalue weighted by molar-refractivity contribution is 5.85. The maximum absolute atomic E-state index is 14.2. The van der Waals surface area contributed by atoms with Crippen LogP contribution in [0.1, 0.15) is 24.3 Å². The maximum atomic E-state index is 14.2. The first-order valence-electron chi connectivity index (χ1n) is 8.65. The van der Waals surface area contributed by atoms with Crippen LogP contribution < -0.4 is 5.73 Å². The molecule has 0 radical (unpaired) electrons. The summed E-state index contributed by atoms with van der Waals surface area (Å²) < 4.78 is 28.4. The lowest BCUT2D eigenvalue weighted by Crippen LogP contribution is -2.55. The summed E-state index contributed by atoms with van der Waals surface area (Å²) in [6.45, 7) is 1.24. The van der Waals surface area contributed by atoms with Gasteiger partial charge in [-0.2, -0.15) is 0 Å². The highest BCUT2D eigenvalue weighted by Crippen LogP contribution is 2.52. The number of likely N-dealkylation sites (tertiary alicyclic amines) is 1. The minimum absolute atomic E-state index is 0.0139. The number of benzene rings is 2. The molecule has 3 unspecified atom stereocenters. The lowest BCUT2D eigenvalue weighted by Gasteiger charge is -2.40. The highest BCUT2D eigenvalue weighted by atomic mass is 19.1. The van der Waals surface area contributed by atoms with E-state index in [1.165, 1.54) is 18.2 Å². The van der Waals surface area contributed by atoms with Crippen LogP contribution in [0.25, 0.3) is 11.1 Å². The topological polar surface area (TPSA) is 46.3 Å². The molecule has 4 rings (SSSR count). The van der Waals surface area contributed by atoms with E-state index in [9.17, 15) is 13.6 Å². The Morgan fingerprint density at radius 2 is 1.84 bits per heavy atom. The molecule has 2 aromatic carbocycles. The Kier molecular flexibility index (Phi) is 4.04. The van der Waals surface area contributed by atoms with Crippen LogP contribution in [0.2, 0.25) is 0 Å². The molecule has 1 saturated carbocycles. The van der Waals surface area contributed by atoms with Crippen LogP contribution in [0.4, 0.5) is 8.78 Å². The molecular formula is C20H20F2N2O. The van der Waals surface area contributed by atoms with E-state index in [0.29, 0.717) is 12.1 Å². The smallest absolute Gasteiger partial charge is 0.226 e. The predicted molar refractivity (Wildman–Crippen MR) is 91.8 cm³/mol. The van der Waals surface area contributed by atoms with Crippen molar-refractivity contribution in [3.05, 3.63) is 59.7 Å². The van der Waals surface area contributed by atoms with Crippen molar-refractivity contribution in [3.8, 4) is 11.1 Å². The van der Waals surface area contributed by atoms with E-state index in [-0.39, 0.29) is 29.3 Å². The van der Waals surface area contributed by atoms with Gasteiger partial charge in [-0.05, 0) is 42.0 Å². The number of halogens is 2. The largest absolute Gasteiger partial charge is 0.338 e. The molecule has 3 nitrogen and oxygen atoms in total. The van der Waals surface area contributed by atoms with Gasteiger partial charge in [0.15, 0.2) is 0 Å². The van der Waals surface area contributed by atoms with Crippen molar-refractivity contribution >= 4 is 5.91 Å². The van der Waals surface area contributed by atoms with Crippen LogP contribution in [0.5, 0.6) is 0 Å². The lowest BCUT2D eigenvalue weighted by molar-refractivity contribution is -0.140. The van der Waals surface area contributed by atoms with Gasteiger partial charge < -0.3 is 10.6 Å². The molecule has 0 spiro atoms. The van der Waals surface area contributed by atoms with E-state index in [4.69, 9.17) is 5.73 Å². The molecule has 3 atom stereocenters. The standard InChI is InChI=1S/C20H20F2N2O/c21-17-6-3-7-18(22)19(17)14-5-2-1-4-13(14)15-10-16(15)20(25)24-9-8-12(24)11-23/h1-7,12,15-16H,8-11,23H2. The predicted octanol–water partition coefficient (Wildman–Crippen LogP) is 3.29.